The zero-order chi connectivity index (χ0) is 13.9. The van der Waals surface area contributed by atoms with Gasteiger partial charge in [-0.2, -0.15) is 10.2 Å². The highest BCUT2D eigenvalue weighted by Gasteiger charge is 2.18. The summed E-state index contributed by atoms with van der Waals surface area (Å²) in [6.07, 6.45) is 3.41. The molecule has 2 aromatic heterocycles. The van der Waals surface area contributed by atoms with E-state index >= 15 is 0 Å². The molecule has 1 N–H and O–H groups in total. The van der Waals surface area contributed by atoms with Crippen LogP contribution in [0, 0.1) is 0 Å². The second kappa shape index (κ2) is 5.61. The number of halogens is 1. The van der Waals surface area contributed by atoms with Gasteiger partial charge in [0.15, 0.2) is 5.58 Å². The maximum atomic E-state index is 6.16. The van der Waals surface area contributed by atoms with Crippen LogP contribution in [-0.4, -0.2) is 16.7 Å². The van der Waals surface area contributed by atoms with E-state index in [2.05, 4.69) is 22.4 Å². The summed E-state index contributed by atoms with van der Waals surface area (Å²) in [5.74, 6) is 0.822. The average Bonchev–Trinajstić information content (AvgIpc) is 2.91. The normalized spacial score (nSPS) is 12.7. The van der Waals surface area contributed by atoms with Gasteiger partial charge in [0.1, 0.15) is 5.76 Å². The lowest BCUT2D eigenvalue weighted by Gasteiger charge is -2.14. The molecule has 102 valence electrons. The van der Waals surface area contributed by atoms with Crippen LogP contribution in [0.15, 0.2) is 47.1 Å². The lowest BCUT2D eigenvalue weighted by atomic mass is 10.1. The quantitative estimate of drug-likeness (QED) is 0.797. The maximum absolute atomic E-state index is 6.16. The minimum Gasteiger partial charge on any atom is -0.457 e. The van der Waals surface area contributed by atoms with E-state index in [4.69, 9.17) is 16.0 Å². The Morgan fingerprint density at radius 1 is 1.30 bits per heavy atom. The number of rotatable bonds is 4. The fourth-order valence-electron chi connectivity index (χ4n) is 2.25. The highest BCUT2D eigenvalue weighted by molar-refractivity contribution is 6.34. The van der Waals surface area contributed by atoms with Crippen molar-refractivity contribution in [2.75, 3.05) is 6.54 Å². The second-order valence-electron chi connectivity index (χ2n) is 4.47. The molecule has 0 radical (unpaired) electrons. The monoisotopic (exact) mass is 287 g/mol. The molecule has 1 aromatic carbocycles. The number of furan rings is 1. The van der Waals surface area contributed by atoms with E-state index in [-0.39, 0.29) is 6.04 Å². The van der Waals surface area contributed by atoms with Gasteiger partial charge < -0.3 is 9.73 Å². The van der Waals surface area contributed by atoms with Gasteiger partial charge in [-0.1, -0.05) is 30.7 Å². The summed E-state index contributed by atoms with van der Waals surface area (Å²) in [6, 6.07) is 9.61. The molecule has 0 aliphatic rings. The molecule has 0 bridgehead atoms. The van der Waals surface area contributed by atoms with Gasteiger partial charge in [-0.3, -0.25) is 0 Å². The molecule has 1 atom stereocenters. The Bertz CT molecular complexity index is 711. The van der Waals surface area contributed by atoms with Crippen molar-refractivity contribution in [2.45, 2.75) is 13.0 Å². The first-order valence-corrected chi connectivity index (χ1v) is 6.85. The first kappa shape index (κ1) is 13.1. The summed E-state index contributed by atoms with van der Waals surface area (Å²) in [5.41, 5.74) is 1.73. The Balaban J connectivity index is 2.08. The Hall–Kier alpha value is -1.91. The van der Waals surface area contributed by atoms with Crippen LogP contribution in [0.25, 0.3) is 11.0 Å². The number of hydrogen-bond donors (Lipinski definition) is 1. The molecule has 5 heteroatoms. The third-order valence-electron chi connectivity index (χ3n) is 3.15. The van der Waals surface area contributed by atoms with E-state index in [9.17, 15) is 0 Å². The van der Waals surface area contributed by atoms with E-state index in [1.807, 2.05) is 30.3 Å². The number of hydrogen-bond acceptors (Lipinski definition) is 4. The van der Waals surface area contributed by atoms with Crippen molar-refractivity contribution in [1.29, 1.82) is 0 Å². The molecule has 0 aliphatic heterocycles. The molecule has 4 nitrogen and oxygen atoms in total. The predicted octanol–water partition coefficient (Wildman–Crippen LogP) is 3.58. The lowest BCUT2D eigenvalue weighted by Crippen LogP contribution is -2.21. The molecular weight excluding hydrogens is 274 g/mol. The number of aromatic nitrogens is 2. The minimum atomic E-state index is -0.0565. The third-order valence-corrected chi connectivity index (χ3v) is 3.45. The van der Waals surface area contributed by atoms with Crippen LogP contribution in [0.1, 0.15) is 24.3 Å². The molecule has 0 saturated heterocycles. The van der Waals surface area contributed by atoms with Crippen LogP contribution in [-0.2, 0) is 0 Å². The summed E-state index contributed by atoms with van der Waals surface area (Å²) >= 11 is 6.16. The number of nitrogens with zero attached hydrogens (tertiary/aromatic N) is 2. The van der Waals surface area contributed by atoms with E-state index in [0.29, 0.717) is 10.6 Å². The Labute approximate surface area is 121 Å². The molecule has 2 heterocycles. The fraction of sp³-hybridized carbons (Fsp3) is 0.200. The molecule has 0 fully saturated rings. The third kappa shape index (κ3) is 2.40. The molecule has 0 saturated carbocycles. The standard InChI is InChI=1S/C15H14ClN3O/c1-2-17-14(11-6-7-18-19-9-11)13-8-10-4-3-5-12(16)15(10)20-13/h3-9,14,17H,2H2,1H3. The van der Waals surface area contributed by atoms with Gasteiger partial charge in [-0.05, 0) is 30.3 Å². The molecule has 3 aromatic rings. The molecule has 0 spiro atoms. The van der Waals surface area contributed by atoms with Gasteiger partial charge in [-0.25, -0.2) is 0 Å². The Morgan fingerprint density at radius 3 is 2.90 bits per heavy atom. The molecule has 0 amide bonds. The van der Waals surface area contributed by atoms with Crippen LogP contribution < -0.4 is 5.32 Å². The number of benzene rings is 1. The van der Waals surface area contributed by atoms with Gasteiger partial charge in [0.25, 0.3) is 0 Å². The van der Waals surface area contributed by atoms with Crippen LogP contribution in [0.5, 0.6) is 0 Å². The number of fused-ring (bicyclic) bond motifs is 1. The van der Waals surface area contributed by atoms with Crippen LogP contribution in [0.3, 0.4) is 0 Å². The van der Waals surface area contributed by atoms with E-state index < -0.39 is 0 Å². The van der Waals surface area contributed by atoms with E-state index in [1.54, 1.807) is 12.4 Å². The van der Waals surface area contributed by atoms with Crippen molar-refractivity contribution in [3.8, 4) is 0 Å². The Kier molecular flexibility index (Phi) is 3.67. The zero-order valence-corrected chi connectivity index (χ0v) is 11.8. The minimum absolute atomic E-state index is 0.0565. The summed E-state index contributed by atoms with van der Waals surface area (Å²) in [4.78, 5) is 0. The van der Waals surface area contributed by atoms with Gasteiger partial charge >= 0.3 is 0 Å². The van der Waals surface area contributed by atoms with Crippen LogP contribution >= 0.6 is 11.6 Å². The number of para-hydroxylation sites is 1. The molecular formula is C15H14ClN3O. The highest BCUT2D eigenvalue weighted by Crippen LogP contribution is 2.31. The highest BCUT2D eigenvalue weighted by atomic mass is 35.5. The summed E-state index contributed by atoms with van der Waals surface area (Å²) < 4.78 is 5.93. The maximum Gasteiger partial charge on any atom is 0.152 e. The van der Waals surface area contributed by atoms with Gasteiger partial charge in [0.2, 0.25) is 0 Å². The zero-order valence-electron chi connectivity index (χ0n) is 11.0. The van der Waals surface area contributed by atoms with Crippen LogP contribution in [0.2, 0.25) is 5.02 Å². The molecule has 1 unspecified atom stereocenters. The van der Waals surface area contributed by atoms with Crippen molar-refractivity contribution in [2.24, 2.45) is 0 Å². The largest absolute Gasteiger partial charge is 0.457 e. The average molecular weight is 288 g/mol. The SMILES string of the molecule is CCNC(c1ccnnc1)c1cc2cccc(Cl)c2o1. The smallest absolute Gasteiger partial charge is 0.152 e. The molecule has 3 rings (SSSR count). The molecule has 0 aliphatic carbocycles. The Morgan fingerprint density at radius 2 is 2.20 bits per heavy atom. The summed E-state index contributed by atoms with van der Waals surface area (Å²) in [6.45, 7) is 2.87. The topological polar surface area (TPSA) is 51.0 Å². The first-order valence-electron chi connectivity index (χ1n) is 6.47. The lowest BCUT2D eigenvalue weighted by molar-refractivity contribution is 0.476. The van der Waals surface area contributed by atoms with Crippen molar-refractivity contribution >= 4 is 22.6 Å². The van der Waals surface area contributed by atoms with Crippen LogP contribution in [0.4, 0.5) is 0 Å². The predicted molar refractivity (Wildman–Crippen MR) is 78.8 cm³/mol. The van der Waals surface area contributed by atoms with Gasteiger partial charge in [0, 0.05) is 11.6 Å². The summed E-state index contributed by atoms with van der Waals surface area (Å²) in [7, 11) is 0. The first-order chi connectivity index (χ1) is 9.79. The van der Waals surface area contributed by atoms with Crippen molar-refractivity contribution in [3.05, 3.63) is 59.1 Å². The van der Waals surface area contributed by atoms with Crippen molar-refractivity contribution in [1.82, 2.24) is 15.5 Å². The van der Waals surface area contributed by atoms with Crippen molar-refractivity contribution < 1.29 is 4.42 Å². The van der Waals surface area contributed by atoms with E-state index in [1.165, 1.54) is 0 Å². The summed E-state index contributed by atoms with van der Waals surface area (Å²) in [5, 5.41) is 12.7. The van der Waals surface area contributed by atoms with E-state index in [0.717, 1.165) is 23.3 Å². The number of nitrogens with one attached hydrogen (secondary N) is 1. The fourth-order valence-corrected chi connectivity index (χ4v) is 2.47. The van der Waals surface area contributed by atoms with Gasteiger partial charge in [-0.15, -0.1) is 0 Å². The second-order valence-corrected chi connectivity index (χ2v) is 4.88. The molecule has 20 heavy (non-hydrogen) atoms. The van der Waals surface area contributed by atoms with Gasteiger partial charge in [0.05, 0.1) is 17.3 Å². The van der Waals surface area contributed by atoms with Crippen molar-refractivity contribution in [3.63, 3.8) is 0 Å².